The molecule has 0 spiro atoms. The monoisotopic (exact) mass is 173 g/mol. The first-order chi connectivity index (χ1) is 5.04. The van der Waals surface area contributed by atoms with Crippen molar-refractivity contribution in [3.63, 3.8) is 0 Å². The van der Waals surface area contributed by atoms with Gasteiger partial charge >= 0.3 is 0 Å². The van der Waals surface area contributed by atoms with Crippen molar-refractivity contribution in [1.29, 1.82) is 0 Å². The number of Topliss-reactive ketones (excluding diaryl/α,β-unsaturated/α-hetero) is 1. The Labute approximate surface area is 70.6 Å². The van der Waals surface area contributed by atoms with Crippen molar-refractivity contribution in [2.45, 2.75) is 26.8 Å². The second kappa shape index (κ2) is 3.20. The van der Waals surface area contributed by atoms with Gasteiger partial charge in [-0.3, -0.25) is 9.46 Å². The van der Waals surface area contributed by atoms with Crippen LogP contribution in [0, 0.1) is 11.8 Å². The van der Waals surface area contributed by atoms with E-state index in [4.69, 9.17) is 0 Å². The molecule has 1 fully saturated rings. The van der Waals surface area contributed by atoms with Crippen LogP contribution in [0.3, 0.4) is 0 Å². The predicted molar refractivity (Wildman–Crippen MR) is 49.2 cm³/mol. The summed E-state index contributed by atoms with van der Waals surface area (Å²) in [5.41, 5.74) is 0. The van der Waals surface area contributed by atoms with Crippen molar-refractivity contribution < 1.29 is 4.79 Å². The zero-order valence-electron chi connectivity index (χ0n) is 7.37. The van der Waals surface area contributed by atoms with Gasteiger partial charge in [-0.05, 0) is 18.8 Å². The molecular weight excluding hydrogens is 157 g/mol. The fourth-order valence-electron chi connectivity index (χ4n) is 1.83. The number of carbonyl (C=O) groups excluding carboxylic acids is 1. The van der Waals surface area contributed by atoms with E-state index in [1.165, 1.54) is 0 Å². The Kier molecular flexibility index (Phi) is 2.66. The maximum absolute atomic E-state index is 11.2. The summed E-state index contributed by atoms with van der Waals surface area (Å²) in [6.45, 7) is 7.05. The molecule has 2 unspecified atom stereocenters. The predicted octanol–water partition coefficient (Wildman–Crippen LogP) is 1.32. The molecule has 0 saturated carbocycles. The second-order valence-electron chi connectivity index (χ2n) is 3.59. The molecule has 64 valence electrons. The van der Waals surface area contributed by atoms with Gasteiger partial charge in [-0.15, -0.1) is 0 Å². The van der Waals surface area contributed by atoms with Crippen molar-refractivity contribution in [1.82, 2.24) is 4.67 Å². The second-order valence-corrected chi connectivity index (χ2v) is 4.25. The topological polar surface area (TPSA) is 20.3 Å². The molecular formula is C8H16NOP. The van der Waals surface area contributed by atoms with E-state index in [0.29, 0.717) is 11.8 Å². The summed E-state index contributed by atoms with van der Waals surface area (Å²) in [6.07, 6.45) is 0. The summed E-state index contributed by atoms with van der Waals surface area (Å²) in [5.74, 6) is 1.43. The molecule has 0 N–H and O–H groups in total. The summed E-state index contributed by atoms with van der Waals surface area (Å²) in [4.78, 5) is 11.2. The van der Waals surface area contributed by atoms with Crippen LogP contribution in [0.2, 0.25) is 0 Å². The van der Waals surface area contributed by atoms with Gasteiger partial charge in [-0.1, -0.05) is 23.2 Å². The van der Waals surface area contributed by atoms with Crippen molar-refractivity contribution in [2.24, 2.45) is 11.8 Å². The molecule has 0 bridgehead atoms. The number of hydrogen-bond donors (Lipinski definition) is 0. The molecule has 11 heavy (non-hydrogen) atoms. The first-order valence-corrected chi connectivity index (χ1v) is 4.57. The average molecular weight is 173 g/mol. The first kappa shape index (κ1) is 9.15. The third-order valence-corrected chi connectivity index (χ3v) is 3.20. The summed E-state index contributed by atoms with van der Waals surface area (Å²) in [6, 6.07) is 0.134. The van der Waals surface area contributed by atoms with Gasteiger partial charge in [0.1, 0.15) is 5.78 Å². The summed E-state index contributed by atoms with van der Waals surface area (Å²) >= 11 is 0. The zero-order chi connectivity index (χ0) is 8.59. The lowest BCUT2D eigenvalue weighted by atomic mass is 9.92. The standard InChI is InChI=1S/C8H16NOP/c1-5-4-9(11)8(6(5)2)7(3)10/h5-6,8H,4,11H2,1-3H3/t5-,6?,8-/m0/s1. The van der Waals surface area contributed by atoms with Crippen LogP contribution in [-0.2, 0) is 4.79 Å². The van der Waals surface area contributed by atoms with E-state index in [9.17, 15) is 4.79 Å². The van der Waals surface area contributed by atoms with Gasteiger partial charge in [0.15, 0.2) is 0 Å². The lowest BCUT2D eigenvalue weighted by Crippen LogP contribution is -2.31. The quantitative estimate of drug-likeness (QED) is 0.557. The van der Waals surface area contributed by atoms with Gasteiger partial charge < -0.3 is 0 Å². The van der Waals surface area contributed by atoms with Crippen molar-refractivity contribution in [2.75, 3.05) is 6.54 Å². The van der Waals surface area contributed by atoms with Crippen molar-refractivity contribution in [3.8, 4) is 0 Å². The van der Waals surface area contributed by atoms with Crippen LogP contribution in [0.25, 0.3) is 0 Å². The maximum Gasteiger partial charge on any atom is 0.147 e. The van der Waals surface area contributed by atoms with E-state index in [2.05, 4.69) is 27.9 Å². The normalized spacial score (nSPS) is 39.5. The molecule has 3 heteroatoms. The van der Waals surface area contributed by atoms with Crippen molar-refractivity contribution in [3.05, 3.63) is 0 Å². The number of rotatable bonds is 1. The highest BCUT2D eigenvalue weighted by molar-refractivity contribution is 7.13. The highest BCUT2D eigenvalue weighted by atomic mass is 31.0. The molecule has 0 aromatic heterocycles. The van der Waals surface area contributed by atoms with Crippen LogP contribution in [-0.4, -0.2) is 23.0 Å². The molecule has 1 rings (SSSR count). The minimum atomic E-state index is 0.134. The third kappa shape index (κ3) is 1.62. The third-order valence-electron chi connectivity index (χ3n) is 2.67. The summed E-state index contributed by atoms with van der Waals surface area (Å²) in [7, 11) is 2.64. The Bertz CT molecular complexity index is 171. The van der Waals surface area contributed by atoms with Gasteiger partial charge in [0, 0.05) is 6.54 Å². The maximum atomic E-state index is 11.2. The molecule has 0 radical (unpaired) electrons. The minimum absolute atomic E-state index is 0.134. The molecule has 1 saturated heterocycles. The lowest BCUT2D eigenvalue weighted by molar-refractivity contribution is -0.120. The van der Waals surface area contributed by atoms with Crippen LogP contribution < -0.4 is 0 Å². The van der Waals surface area contributed by atoms with Gasteiger partial charge in [0.05, 0.1) is 6.04 Å². The smallest absolute Gasteiger partial charge is 0.147 e. The van der Waals surface area contributed by atoms with E-state index in [-0.39, 0.29) is 11.8 Å². The largest absolute Gasteiger partial charge is 0.298 e. The molecule has 1 aliphatic heterocycles. The van der Waals surface area contributed by atoms with Crippen molar-refractivity contribution >= 4 is 15.2 Å². The number of ketones is 1. The Morgan fingerprint density at radius 1 is 1.55 bits per heavy atom. The van der Waals surface area contributed by atoms with Gasteiger partial charge in [-0.25, -0.2) is 0 Å². The highest BCUT2D eigenvalue weighted by Crippen LogP contribution is 2.31. The lowest BCUT2D eigenvalue weighted by Gasteiger charge is -2.19. The number of hydrogen-bond acceptors (Lipinski definition) is 2. The van der Waals surface area contributed by atoms with E-state index in [1.807, 2.05) is 0 Å². The van der Waals surface area contributed by atoms with Gasteiger partial charge in [0.25, 0.3) is 0 Å². The molecule has 1 aliphatic rings. The zero-order valence-corrected chi connectivity index (χ0v) is 8.53. The van der Waals surface area contributed by atoms with Crippen LogP contribution in [0.5, 0.6) is 0 Å². The van der Waals surface area contributed by atoms with E-state index in [1.54, 1.807) is 6.92 Å². The number of nitrogens with zero attached hydrogens (tertiary/aromatic N) is 1. The molecule has 4 atom stereocenters. The number of carbonyl (C=O) groups is 1. The van der Waals surface area contributed by atoms with Crippen LogP contribution in [0.15, 0.2) is 0 Å². The molecule has 0 aliphatic carbocycles. The van der Waals surface area contributed by atoms with Crippen LogP contribution in [0.1, 0.15) is 20.8 Å². The van der Waals surface area contributed by atoms with Gasteiger partial charge in [-0.2, -0.15) is 0 Å². The Morgan fingerprint density at radius 2 is 2.09 bits per heavy atom. The Balaban J connectivity index is 2.71. The highest BCUT2D eigenvalue weighted by Gasteiger charge is 2.36. The molecule has 0 aromatic rings. The molecule has 1 heterocycles. The summed E-state index contributed by atoms with van der Waals surface area (Å²) in [5, 5.41) is 0. The average Bonchev–Trinajstić information content (AvgIpc) is 2.07. The first-order valence-electron chi connectivity index (χ1n) is 4.06. The fourth-order valence-corrected chi connectivity index (χ4v) is 2.64. The molecule has 2 nitrogen and oxygen atoms in total. The van der Waals surface area contributed by atoms with Crippen LogP contribution in [0.4, 0.5) is 0 Å². The SMILES string of the molecule is CC(=O)[C@@H]1C(C)[C@@H](C)CN1P. The Hall–Kier alpha value is 0.0600. The van der Waals surface area contributed by atoms with Crippen LogP contribution >= 0.6 is 9.39 Å². The van der Waals surface area contributed by atoms with E-state index < -0.39 is 0 Å². The summed E-state index contributed by atoms with van der Waals surface area (Å²) < 4.78 is 2.08. The fraction of sp³-hybridized carbons (Fsp3) is 0.875. The van der Waals surface area contributed by atoms with E-state index in [0.717, 1.165) is 6.54 Å². The van der Waals surface area contributed by atoms with E-state index >= 15 is 0 Å². The molecule has 0 amide bonds. The Morgan fingerprint density at radius 3 is 2.27 bits per heavy atom. The molecule has 0 aromatic carbocycles. The van der Waals surface area contributed by atoms with Gasteiger partial charge in [0.2, 0.25) is 0 Å². The minimum Gasteiger partial charge on any atom is -0.298 e.